The van der Waals surface area contributed by atoms with Crippen LogP contribution in [0.5, 0.6) is 0 Å². The molecular weight excluding hydrogens is 232 g/mol. The standard InChI is InChI=1S/C9H15BrN2O/c1-6(9(2,3)4)5-7-11-12-8(10)13-7/h6H,5H2,1-4H3. The van der Waals surface area contributed by atoms with E-state index in [2.05, 4.69) is 53.8 Å². The Bertz CT molecular complexity index is 277. The first kappa shape index (κ1) is 10.7. The van der Waals surface area contributed by atoms with Gasteiger partial charge in [0.05, 0.1) is 0 Å². The second-order valence-corrected chi connectivity index (χ2v) is 5.10. The van der Waals surface area contributed by atoms with E-state index in [4.69, 9.17) is 4.42 Å². The van der Waals surface area contributed by atoms with Gasteiger partial charge in [-0.05, 0) is 11.3 Å². The zero-order valence-corrected chi connectivity index (χ0v) is 10.1. The van der Waals surface area contributed by atoms with Gasteiger partial charge in [0, 0.05) is 22.4 Å². The van der Waals surface area contributed by atoms with E-state index in [0.717, 1.165) is 6.42 Å². The molecule has 0 spiro atoms. The molecule has 0 N–H and O–H groups in total. The first-order valence-electron chi connectivity index (χ1n) is 4.37. The molecule has 0 amide bonds. The lowest BCUT2D eigenvalue weighted by molar-refractivity contribution is 0.244. The third kappa shape index (κ3) is 3.10. The van der Waals surface area contributed by atoms with Crippen LogP contribution in [-0.4, -0.2) is 10.2 Å². The molecule has 1 aromatic rings. The summed E-state index contributed by atoms with van der Waals surface area (Å²) < 4.78 is 5.24. The van der Waals surface area contributed by atoms with Gasteiger partial charge in [0.1, 0.15) is 0 Å². The summed E-state index contributed by atoms with van der Waals surface area (Å²) in [5, 5.41) is 7.66. The Balaban J connectivity index is 2.60. The number of halogens is 1. The zero-order valence-electron chi connectivity index (χ0n) is 8.47. The van der Waals surface area contributed by atoms with E-state index < -0.39 is 0 Å². The van der Waals surface area contributed by atoms with Gasteiger partial charge in [-0.25, -0.2) is 0 Å². The minimum absolute atomic E-state index is 0.279. The molecule has 4 heteroatoms. The fourth-order valence-electron chi connectivity index (χ4n) is 0.884. The van der Waals surface area contributed by atoms with E-state index in [1.165, 1.54) is 0 Å². The van der Waals surface area contributed by atoms with Crippen molar-refractivity contribution in [2.24, 2.45) is 11.3 Å². The van der Waals surface area contributed by atoms with Gasteiger partial charge < -0.3 is 4.42 Å². The third-order valence-corrected chi connectivity index (χ3v) is 2.72. The van der Waals surface area contributed by atoms with Crippen molar-refractivity contribution in [1.29, 1.82) is 0 Å². The lowest BCUT2D eigenvalue weighted by Crippen LogP contribution is -2.19. The maximum absolute atomic E-state index is 5.24. The third-order valence-electron chi connectivity index (χ3n) is 2.40. The number of rotatable bonds is 2. The van der Waals surface area contributed by atoms with Crippen LogP contribution in [0.4, 0.5) is 0 Å². The smallest absolute Gasteiger partial charge is 0.284 e. The Kier molecular flexibility index (Phi) is 3.11. The van der Waals surface area contributed by atoms with Crippen molar-refractivity contribution >= 4 is 15.9 Å². The van der Waals surface area contributed by atoms with Gasteiger partial charge in [0.2, 0.25) is 5.89 Å². The minimum Gasteiger partial charge on any atom is -0.416 e. The first-order chi connectivity index (χ1) is 5.89. The van der Waals surface area contributed by atoms with Gasteiger partial charge in [-0.1, -0.05) is 27.7 Å². The summed E-state index contributed by atoms with van der Waals surface area (Å²) in [7, 11) is 0. The molecule has 1 atom stereocenters. The molecular formula is C9H15BrN2O. The van der Waals surface area contributed by atoms with Crippen molar-refractivity contribution in [2.75, 3.05) is 0 Å². The molecule has 0 aliphatic heterocycles. The highest BCUT2D eigenvalue weighted by Gasteiger charge is 2.22. The number of aromatic nitrogens is 2. The van der Waals surface area contributed by atoms with E-state index >= 15 is 0 Å². The number of hydrogen-bond donors (Lipinski definition) is 0. The highest BCUT2D eigenvalue weighted by molar-refractivity contribution is 9.10. The van der Waals surface area contributed by atoms with Crippen LogP contribution in [-0.2, 0) is 6.42 Å². The lowest BCUT2D eigenvalue weighted by atomic mass is 9.80. The van der Waals surface area contributed by atoms with Crippen molar-refractivity contribution in [3.05, 3.63) is 10.7 Å². The van der Waals surface area contributed by atoms with E-state index in [1.54, 1.807) is 0 Å². The first-order valence-corrected chi connectivity index (χ1v) is 5.17. The highest BCUT2D eigenvalue weighted by atomic mass is 79.9. The summed E-state index contributed by atoms with van der Waals surface area (Å²) >= 11 is 3.13. The molecule has 0 bridgehead atoms. The summed E-state index contributed by atoms with van der Waals surface area (Å²) in [5.41, 5.74) is 0.279. The van der Waals surface area contributed by atoms with Crippen LogP contribution in [0, 0.1) is 11.3 Å². The summed E-state index contributed by atoms with van der Waals surface area (Å²) in [6.07, 6.45) is 0.835. The van der Waals surface area contributed by atoms with Crippen LogP contribution in [0.25, 0.3) is 0 Å². The average molecular weight is 247 g/mol. The number of nitrogens with zero attached hydrogens (tertiary/aromatic N) is 2. The quantitative estimate of drug-likeness (QED) is 0.806. The molecule has 1 unspecified atom stereocenters. The van der Waals surface area contributed by atoms with Gasteiger partial charge in [0.15, 0.2) is 0 Å². The Morgan fingerprint density at radius 2 is 2.00 bits per heavy atom. The van der Waals surface area contributed by atoms with E-state index in [9.17, 15) is 0 Å². The highest BCUT2D eigenvalue weighted by Crippen LogP contribution is 2.28. The van der Waals surface area contributed by atoms with Gasteiger partial charge in [-0.2, -0.15) is 0 Å². The maximum atomic E-state index is 5.24. The fraction of sp³-hybridized carbons (Fsp3) is 0.778. The van der Waals surface area contributed by atoms with Gasteiger partial charge in [-0.15, -0.1) is 10.2 Å². The van der Waals surface area contributed by atoms with Crippen molar-refractivity contribution in [2.45, 2.75) is 34.1 Å². The van der Waals surface area contributed by atoms with Gasteiger partial charge in [-0.3, -0.25) is 0 Å². The Labute approximate surface area is 87.1 Å². The predicted molar refractivity (Wildman–Crippen MR) is 54.3 cm³/mol. The van der Waals surface area contributed by atoms with Crippen LogP contribution in [0.1, 0.15) is 33.6 Å². The minimum atomic E-state index is 0.279. The summed E-state index contributed by atoms with van der Waals surface area (Å²) in [6, 6.07) is 0. The molecule has 0 aliphatic rings. The summed E-state index contributed by atoms with van der Waals surface area (Å²) in [6.45, 7) is 8.83. The maximum Gasteiger partial charge on any atom is 0.284 e. The van der Waals surface area contributed by atoms with Crippen molar-refractivity contribution in [1.82, 2.24) is 10.2 Å². The second kappa shape index (κ2) is 3.78. The predicted octanol–water partition coefficient (Wildman–Crippen LogP) is 3.06. The van der Waals surface area contributed by atoms with Crippen LogP contribution in [0.3, 0.4) is 0 Å². The molecule has 1 rings (SSSR count). The lowest BCUT2D eigenvalue weighted by Gasteiger charge is -2.25. The largest absolute Gasteiger partial charge is 0.416 e. The van der Waals surface area contributed by atoms with Crippen LogP contribution >= 0.6 is 15.9 Å². The summed E-state index contributed by atoms with van der Waals surface area (Å²) in [5.74, 6) is 1.23. The number of hydrogen-bond acceptors (Lipinski definition) is 3. The molecule has 0 saturated heterocycles. The van der Waals surface area contributed by atoms with Crippen LogP contribution < -0.4 is 0 Å². The molecule has 0 aromatic carbocycles. The molecule has 74 valence electrons. The van der Waals surface area contributed by atoms with E-state index in [0.29, 0.717) is 16.6 Å². The molecule has 13 heavy (non-hydrogen) atoms. The average Bonchev–Trinajstić information content (AvgIpc) is 2.33. The Morgan fingerprint density at radius 3 is 2.38 bits per heavy atom. The molecule has 0 radical (unpaired) electrons. The molecule has 0 aliphatic carbocycles. The molecule has 1 heterocycles. The van der Waals surface area contributed by atoms with Crippen LogP contribution in [0.15, 0.2) is 9.22 Å². The normalized spacial score (nSPS) is 14.5. The molecule has 0 fully saturated rings. The monoisotopic (exact) mass is 246 g/mol. The van der Waals surface area contributed by atoms with Gasteiger partial charge >= 0.3 is 0 Å². The van der Waals surface area contributed by atoms with Crippen LogP contribution in [0.2, 0.25) is 0 Å². The molecule has 3 nitrogen and oxygen atoms in total. The van der Waals surface area contributed by atoms with Crippen molar-refractivity contribution in [3.8, 4) is 0 Å². The molecule has 0 saturated carbocycles. The second-order valence-electron chi connectivity index (χ2n) is 4.42. The van der Waals surface area contributed by atoms with E-state index in [-0.39, 0.29) is 5.41 Å². The fourth-order valence-corrected chi connectivity index (χ4v) is 1.15. The Hall–Kier alpha value is -0.380. The molecule has 1 aromatic heterocycles. The van der Waals surface area contributed by atoms with E-state index in [1.807, 2.05) is 0 Å². The summed E-state index contributed by atoms with van der Waals surface area (Å²) in [4.78, 5) is 0.462. The van der Waals surface area contributed by atoms with Crippen molar-refractivity contribution < 1.29 is 4.42 Å². The Morgan fingerprint density at radius 1 is 1.38 bits per heavy atom. The van der Waals surface area contributed by atoms with Crippen molar-refractivity contribution in [3.63, 3.8) is 0 Å². The SMILES string of the molecule is CC(Cc1nnc(Br)o1)C(C)(C)C. The zero-order chi connectivity index (χ0) is 10.1. The topological polar surface area (TPSA) is 38.9 Å². The van der Waals surface area contributed by atoms with Gasteiger partial charge in [0.25, 0.3) is 4.80 Å².